The zero-order chi connectivity index (χ0) is 15.9. The summed E-state index contributed by atoms with van der Waals surface area (Å²) >= 11 is 5.96. The molecular formula is C16H22ClN3O2. The van der Waals surface area contributed by atoms with Crippen LogP contribution in [0.25, 0.3) is 0 Å². The number of hydrogen-bond donors (Lipinski definition) is 2. The van der Waals surface area contributed by atoms with E-state index in [0.717, 1.165) is 25.2 Å². The summed E-state index contributed by atoms with van der Waals surface area (Å²) in [6.07, 6.45) is 1.60. The highest BCUT2D eigenvalue weighted by atomic mass is 35.5. The van der Waals surface area contributed by atoms with Crippen LogP contribution in [-0.4, -0.2) is 38.0 Å². The average Bonchev–Trinajstić information content (AvgIpc) is 2.88. The van der Waals surface area contributed by atoms with Crippen LogP contribution in [-0.2, 0) is 9.59 Å². The van der Waals surface area contributed by atoms with E-state index in [2.05, 4.69) is 17.6 Å². The van der Waals surface area contributed by atoms with E-state index in [1.165, 1.54) is 0 Å². The highest BCUT2D eigenvalue weighted by Gasteiger charge is 2.37. The second-order valence-corrected chi connectivity index (χ2v) is 5.79. The van der Waals surface area contributed by atoms with Crippen molar-refractivity contribution in [3.8, 4) is 0 Å². The molecular weight excluding hydrogens is 302 g/mol. The van der Waals surface area contributed by atoms with Gasteiger partial charge in [-0.1, -0.05) is 24.6 Å². The number of benzene rings is 1. The molecule has 5 nitrogen and oxygen atoms in total. The van der Waals surface area contributed by atoms with E-state index < -0.39 is 5.92 Å². The molecule has 0 bridgehead atoms. The van der Waals surface area contributed by atoms with Crippen molar-refractivity contribution in [2.45, 2.75) is 19.8 Å². The lowest BCUT2D eigenvalue weighted by atomic mass is 10.1. The summed E-state index contributed by atoms with van der Waals surface area (Å²) in [4.78, 5) is 26.2. The van der Waals surface area contributed by atoms with Crippen LogP contribution in [0.1, 0.15) is 19.8 Å². The fourth-order valence-electron chi connectivity index (χ4n) is 2.52. The van der Waals surface area contributed by atoms with Gasteiger partial charge >= 0.3 is 0 Å². The number of hydrogen-bond acceptors (Lipinski definition) is 3. The van der Waals surface area contributed by atoms with Crippen molar-refractivity contribution in [1.29, 1.82) is 0 Å². The first-order valence-electron chi connectivity index (χ1n) is 7.69. The summed E-state index contributed by atoms with van der Waals surface area (Å²) in [5.74, 6) is -0.931. The SMILES string of the molecule is CCCNCCNC(=O)C1CCN(c2cccc(Cl)c2)C1=O. The second kappa shape index (κ2) is 8.15. The van der Waals surface area contributed by atoms with Crippen molar-refractivity contribution in [3.05, 3.63) is 29.3 Å². The van der Waals surface area contributed by atoms with Crippen LogP contribution < -0.4 is 15.5 Å². The first kappa shape index (κ1) is 16.8. The van der Waals surface area contributed by atoms with Crippen LogP contribution in [0.15, 0.2) is 24.3 Å². The first-order valence-corrected chi connectivity index (χ1v) is 8.06. The fraction of sp³-hybridized carbons (Fsp3) is 0.500. The summed E-state index contributed by atoms with van der Waals surface area (Å²) in [6, 6.07) is 7.14. The quantitative estimate of drug-likeness (QED) is 0.594. The van der Waals surface area contributed by atoms with Gasteiger partial charge in [-0.15, -0.1) is 0 Å². The molecule has 1 atom stereocenters. The maximum absolute atomic E-state index is 12.4. The number of carbonyl (C=O) groups is 2. The molecule has 1 aromatic rings. The summed E-state index contributed by atoms with van der Waals surface area (Å²) in [7, 11) is 0. The van der Waals surface area contributed by atoms with Crippen LogP contribution in [0.4, 0.5) is 5.69 Å². The zero-order valence-corrected chi connectivity index (χ0v) is 13.5. The van der Waals surface area contributed by atoms with Crippen molar-refractivity contribution in [1.82, 2.24) is 10.6 Å². The molecule has 1 heterocycles. The predicted octanol–water partition coefficient (Wildman–Crippen LogP) is 1.81. The van der Waals surface area contributed by atoms with Crippen LogP contribution in [0.3, 0.4) is 0 Å². The Morgan fingerprint density at radius 2 is 2.18 bits per heavy atom. The van der Waals surface area contributed by atoms with Gasteiger partial charge in [0, 0.05) is 30.3 Å². The van der Waals surface area contributed by atoms with Crippen LogP contribution in [0, 0.1) is 5.92 Å². The molecule has 0 aromatic heterocycles. The van der Waals surface area contributed by atoms with Crippen molar-refractivity contribution in [2.24, 2.45) is 5.92 Å². The summed E-state index contributed by atoms with van der Waals surface area (Å²) in [5.41, 5.74) is 0.748. The Morgan fingerprint density at radius 3 is 2.91 bits per heavy atom. The number of rotatable bonds is 7. The van der Waals surface area contributed by atoms with Crippen LogP contribution in [0.5, 0.6) is 0 Å². The molecule has 2 N–H and O–H groups in total. The van der Waals surface area contributed by atoms with Gasteiger partial charge in [-0.3, -0.25) is 9.59 Å². The Hall–Kier alpha value is -1.59. The lowest BCUT2D eigenvalue weighted by Gasteiger charge is -2.17. The molecule has 1 fully saturated rings. The van der Waals surface area contributed by atoms with Crippen molar-refractivity contribution in [2.75, 3.05) is 31.1 Å². The smallest absolute Gasteiger partial charge is 0.239 e. The zero-order valence-electron chi connectivity index (χ0n) is 12.8. The molecule has 1 aromatic carbocycles. The molecule has 1 saturated heterocycles. The third kappa shape index (κ3) is 4.21. The predicted molar refractivity (Wildman–Crippen MR) is 88.1 cm³/mol. The van der Waals surface area contributed by atoms with E-state index in [1.54, 1.807) is 23.1 Å². The van der Waals surface area contributed by atoms with Gasteiger partial charge in [0.1, 0.15) is 5.92 Å². The standard InChI is InChI=1S/C16H22ClN3O2/c1-2-7-18-8-9-19-15(21)14-6-10-20(16(14)22)13-5-3-4-12(17)11-13/h3-5,11,14,18H,2,6-10H2,1H3,(H,19,21). The van der Waals surface area contributed by atoms with Gasteiger partial charge in [0.05, 0.1) is 0 Å². The van der Waals surface area contributed by atoms with Crippen molar-refractivity contribution in [3.63, 3.8) is 0 Å². The Labute approximate surface area is 136 Å². The van der Waals surface area contributed by atoms with E-state index in [4.69, 9.17) is 11.6 Å². The maximum Gasteiger partial charge on any atom is 0.239 e. The van der Waals surface area contributed by atoms with E-state index in [1.807, 2.05) is 6.07 Å². The minimum atomic E-state index is -0.592. The topological polar surface area (TPSA) is 61.4 Å². The van der Waals surface area contributed by atoms with E-state index >= 15 is 0 Å². The summed E-state index contributed by atoms with van der Waals surface area (Å²) in [6.45, 7) is 4.83. The van der Waals surface area contributed by atoms with Gasteiger partial charge in [0.25, 0.3) is 0 Å². The third-order valence-electron chi connectivity index (χ3n) is 3.67. The Bertz CT molecular complexity index is 536. The van der Waals surface area contributed by atoms with Crippen molar-refractivity contribution < 1.29 is 9.59 Å². The number of nitrogens with one attached hydrogen (secondary N) is 2. The molecule has 0 spiro atoms. The molecule has 22 heavy (non-hydrogen) atoms. The summed E-state index contributed by atoms with van der Waals surface area (Å²) in [5, 5.41) is 6.61. The van der Waals surface area contributed by atoms with Gasteiger partial charge in [-0.2, -0.15) is 0 Å². The number of halogens is 1. The Kier molecular flexibility index (Phi) is 6.21. The average molecular weight is 324 g/mol. The highest BCUT2D eigenvalue weighted by molar-refractivity contribution is 6.31. The molecule has 0 radical (unpaired) electrons. The minimum absolute atomic E-state index is 0.152. The van der Waals surface area contributed by atoms with E-state index in [-0.39, 0.29) is 11.8 Å². The molecule has 1 unspecified atom stereocenters. The second-order valence-electron chi connectivity index (χ2n) is 5.35. The molecule has 0 saturated carbocycles. The van der Waals surface area contributed by atoms with E-state index in [0.29, 0.717) is 24.5 Å². The van der Waals surface area contributed by atoms with Gasteiger partial charge in [0.2, 0.25) is 11.8 Å². The molecule has 6 heteroatoms. The first-order chi connectivity index (χ1) is 10.6. The Morgan fingerprint density at radius 1 is 1.36 bits per heavy atom. The minimum Gasteiger partial charge on any atom is -0.354 e. The van der Waals surface area contributed by atoms with Gasteiger partial charge in [-0.05, 0) is 37.6 Å². The van der Waals surface area contributed by atoms with Crippen LogP contribution >= 0.6 is 11.6 Å². The lowest BCUT2D eigenvalue weighted by Crippen LogP contribution is -2.39. The molecule has 120 valence electrons. The highest BCUT2D eigenvalue weighted by Crippen LogP contribution is 2.27. The third-order valence-corrected chi connectivity index (χ3v) is 3.90. The van der Waals surface area contributed by atoms with Gasteiger partial charge in [0.15, 0.2) is 0 Å². The number of carbonyl (C=O) groups excluding carboxylic acids is 2. The molecule has 2 rings (SSSR count). The lowest BCUT2D eigenvalue weighted by molar-refractivity contribution is -0.132. The number of nitrogens with zero attached hydrogens (tertiary/aromatic N) is 1. The van der Waals surface area contributed by atoms with Crippen molar-refractivity contribution >= 4 is 29.1 Å². The molecule has 1 aliphatic rings. The fourth-order valence-corrected chi connectivity index (χ4v) is 2.71. The largest absolute Gasteiger partial charge is 0.354 e. The number of amides is 2. The molecule has 1 aliphatic heterocycles. The van der Waals surface area contributed by atoms with Gasteiger partial charge < -0.3 is 15.5 Å². The number of anilines is 1. The monoisotopic (exact) mass is 323 g/mol. The summed E-state index contributed by atoms with van der Waals surface area (Å²) < 4.78 is 0. The Balaban J connectivity index is 1.87. The molecule has 0 aliphatic carbocycles. The molecule has 2 amide bonds. The maximum atomic E-state index is 12.4. The van der Waals surface area contributed by atoms with E-state index in [9.17, 15) is 9.59 Å². The van der Waals surface area contributed by atoms with Gasteiger partial charge in [-0.25, -0.2) is 0 Å². The van der Waals surface area contributed by atoms with Crippen LogP contribution in [0.2, 0.25) is 5.02 Å². The normalized spacial score (nSPS) is 17.8.